The molecule has 1 heterocycles. The van der Waals surface area contributed by atoms with Crippen LogP contribution in [0.3, 0.4) is 0 Å². The minimum Gasteiger partial charge on any atom is -0.265 e. The van der Waals surface area contributed by atoms with Gasteiger partial charge in [-0.1, -0.05) is 103 Å². The van der Waals surface area contributed by atoms with Gasteiger partial charge in [-0.25, -0.2) is 0 Å². The van der Waals surface area contributed by atoms with Crippen molar-refractivity contribution in [2.75, 3.05) is 0 Å². The third-order valence-corrected chi connectivity index (χ3v) is 7.38. The van der Waals surface area contributed by atoms with Crippen LogP contribution in [-0.2, 0) is 0 Å². The van der Waals surface area contributed by atoms with Gasteiger partial charge in [-0.3, -0.25) is 4.98 Å². The molecule has 0 atom stereocenters. The normalized spacial score (nSPS) is 11.4. The maximum atomic E-state index is 4.20. The maximum absolute atomic E-state index is 4.20. The zero-order valence-corrected chi connectivity index (χ0v) is 20.6. The van der Waals surface area contributed by atoms with Crippen molar-refractivity contribution in [3.05, 3.63) is 139 Å². The Morgan fingerprint density at radius 1 is 0.405 bits per heavy atom. The van der Waals surface area contributed by atoms with Crippen molar-refractivity contribution in [2.24, 2.45) is 0 Å². The van der Waals surface area contributed by atoms with Crippen molar-refractivity contribution in [3.8, 4) is 33.4 Å². The Kier molecular flexibility index (Phi) is 5.08. The summed E-state index contributed by atoms with van der Waals surface area (Å²) < 4.78 is 0. The number of fused-ring (bicyclic) bond motifs is 3. The van der Waals surface area contributed by atoms with E-state index < -0.39 is 0 Å². The fourth-order valence-corrected chi connectivity index (χ4v) is 5.67. The van der Waals surface area contributed by atoms with Crippen LogP contribution in [0.1, 0.15) is 5.56 Å². The largest absolute Gasteiger partial charge is 0.265 e. The Morgan fingerprint density at radius 2 is 0.973 bits per heavy atom. The van der Waals surface area contributed by atoms with Gasteiger partial charge in [-0.15, -0.1) is 0 Å². The number of pyridine rings is 1. The van der Waals surface area contributed by atoms with E-state index in [1.807, 2.05) is 12.4 Å². The van der Waals surface area contributed by atoms with Gasteiger partial charge in [0.15, 0.2) is 0 Å². The van der Waals surface area contributed by atoms with E-state index in [0.717, 1.165) is 0 Å². The van der Waals surface area contributed by atoms with Gasteiger partial charge in [0, 0.05) is 12.4 Å². The van der Waals surface area contributed by atoms with Crippen LogP contribution < -0.4 is 0 Å². The van der Waals surface area contributed by atoms with Gasteiger partial charge >= 0.3 is 0 Å². The van der Waals surface area contributed by atoms with Crippen LogP contribution in [0.5, 0.6) is 0 Å². The summed E-state index contributed by atoms with van der Waals surface area (Å²) in [6.07, 6.45) is 3.71. The first-order valence-electron chi connectivity index (χ1n) is 12.7. The Balaban J connectivity index is 1.55. The van der Waals surface area contributed by atoms with Gasteiger partial charge in [0.2, 0.25) is 0 Å². The highest BCUT2D eigenvalue weighted by Crippen LogP contribution is 2.44. The molecule has 1 heteroatoms. The van der Waals surface area contributed by atoms with Crippen molar-refractivity contribution >= 4 is 32.3 Å². The first-order valence-corrected chi connectivity index (χ1v) is 12.7. The van der Waals surface area contributed by atoms with Crippen LogP contribution in [0.2, 0.25) is 0 Å². The fraction of sp³-hybridized carbons (Fsp3) is 0.0278. The lowest BCUT2D eigenvalue weighted by Crippen LogP contribution is -1.91. The number of hydrogen-bond donors (Lipinski definition) is 0. The number of benzene rings is 6. The van der Waals surface area contributed by atoms with Crippen molar-refractivity contribution in [2.45, 2.75) is 6.92 Å². The van der Waals surface area contributed by atoms with Gasteiger partial charge in [-0.2, -0.15) is 0 Å². The molecule has 0 saturated carbocycles. The first-order chi connectivity index (χ1) is 18.3. The molecule has 7 rings (SSSR count). The Bertz CT molecular complexity index is 1880. The molecule has 0 saturated heterocycles. The van der Waals surface area contributed by atoms with E-state index in [2.05, 4.69) is 133 Å². The van der Waals surface area contributed by atoms with E-state index in [1.54, 1.807) is 0 Å². The fourth-order valence-electron chi connectivity index (χ4n) is 5.67. The average Bonchev–Trinajstić information content (AvgIpc) is 2.96. The summed E-state index contributed by atoms with van der Waals surface area (Å²) in [5.41, 5.74) is 8.70. The molecular formula is C36H25N. The molecule has 0 N–H and O–H groups in total. The van der Waals surface area contributed by atoms with Gasteiger partial charge in [0.1, 0.15) is 0 Å². The lowest BCUT2D eigenvalue weighted by atomic mass is 9.85. The molecular weight excluding hydrogens is 446 g/mol. The Labute approximate surface area is 216 Å². The SMILES string of the molecule is Cc1ccc2ccc(-c3c4ccccc4c(-c4cccc(-c5ccncc5)c4)c4ccccc34)cc2c1. The topological polar surface area (TPSA) is 12.9 Å². The molecule has 37 heavy (non-hydrogen) atoms. The van der Waals surface area contributed by atoms with Crippen LogP contribution in [0.15, 0.2) is 134 Å². The molecule has 0 bridgehead atoms. The quantitative estimate of drug-likeness (QED) is 0.234. The molecule has 7 aromatic rings. The summed E-state index contributed by atoms with van der Waals surface area (Å²) in [5, 5.41) is 7.64. The smallest absolute Gasteiger partial charge is 0.0273 e. The van der Waals surface area contributed by atoms with Gasteiger partial charge in [0.25, 0.3) is 0 Å². The van der Waals surface area contributed by atoms with E-state index in [4.69, 9.17) is 0 Å². The standard InChI is InChI=1S/C36H25N/c1-24-13-14-25-15-16-29(23-30(25)21-24)36-33-11-4-2-9-31(33)35(32-10-3-5-12-34(32)36)28-8-6-7-27(22-28)26-17-19-37-20-18-26/h2-23H,1H3. The number of hydrogen-bond acceptors (Lipinski definition) is 1. The van der Waals surface area contributed by atoms with E-state index in [9.17, 15) is 0 Å². The lowest BCUT2D eigenvalue weighted by Gasteiger charge is -2.18. The molecule has 0 unspecified atom stereocenters. The Morgan fingerprint density at radius 3 is 1.62 bits per heavy atom. The van der Waals surface area contributed by atoms with Crippen molar-refractivity contribution < 1.29 is 0 Å². The predicted octanol–water partition coefficient (Wildman–Crippen LogP) is 9.85. The minimum absolute atomic E-state index is 1.17. The van der Waals surface area contributed by atoms with Gasteiger partial charge < -0.3 is 0 Å². The predicted molar refractivity (Wildman–Crippen MR) is 158 cm³/mol. The molecule has 0 radical (unpaired) electrons. The molecule has 0 fully saturated rings. The van der Waals surface area contributed by atoms with Crippen molar-refractivity contribution in [3.63, 3.8) is 0 Å². The summed E-state index contributed by atoms with van der Waals surface area (Å²) in [6, 6.07) is 44.3. The molecule has 0 aliphatic rings. The van der Waals surface area contributed by atoms with Crippen LogP contribution >= 0.6 is 0 Å². The molecule has 0 spiro atoms. The van der Waals surface area contributed by atoms with E-state index >= 15 is 0 Å². The molecule has 0 aliphatic heterocycles. The number of rotatable bonds is 3. The zero-order valence-electron chi connectivity index (χ0n) is 20.6. The summed E-state index contributed by atoms with van der Waals surface area (Å²) in [6.45, 7) is 2.16. The summed E-state index contributed by atoms with van der Waals surface area (Å²) in [7, 11) is 0. The minimum atomic E-state index is 1.17. The summed E-state index contributed by atoms with van der Waals surface area (Å²) >= 11 is 0. The second kappa shape index (κ2) is 8.72. The van der Waals surface area contributed by atoms with E-state index in [1.165, 1.54) is 71.3 Å². The highest BCUT2D eigenvalue weighted by Gasteiger charge is 2.17. The number of nitrogens with zero attached hydrogens (tertiary/aromatic N) is 1. The van der Waals surface area contributed by atoms with Gasteiger partial charge in [0.05, 0.1) is 0 Å². The third kappa shape index (κ3) is 3.68. The van der Waals surface area contributed by atoms with Crippen LogP contribution in [0, 0.1) is 6.92 Å². The molecule has 1 nitrogen and oxygen atoms in total. The molecule has 1 aromatic heterocycles. The molecule has 174 valence electrons. The highest BCUT2D eigenvalue weighted by atomic mass is 14.6. The monoisotopic (exact) mass is 471 g/mol. The van der Waals surface area contributed by atoms with E-state index in [-0.39, 0.29) is 0 Å². The number of aryl methyl sites for hydroxylation is 1. The van der Waals surface area contributed by atoms with Crippen LogP contribution in [0.4, 0.5) is 0 Å². The second-order valence-electron chi connectivity index (χ2n) is 9.72. The summed E-state index contributed by atoms with van der Waals surface area (Å²) in [4.78, 5) is 4.20. The average molecular weight is 472 g/mol. The van der Waals surface area contributed by atoms with Crippen molar-refractivity contribution in [1.82, 2.24) is 4.98 Å². The van der Waals surface area contributed by atoms with Crippen LogP contribution in [-0.4, -0.2) is 4.98 Å². The first kappa shape index (κ1) is 21.5. The zero-order chi connectivity index (χ0) is 24.8. The highest BCUT2D eigenvalue weighted by molar-refractivity contribution is 6.21. The van der Waals surface area contributed by atoms with E-state index in [0.29, 0.717) is 0 Å². The van der Waals surface area contributed by atoms with Crippen molar-refractivity contribution in [1.29, 1.82) is 0 Å². The van der Waals surface area contributed by atoms with Gasteiger partial charge in [-0.05, 0) is 96.9 Å². The second-order valence-corrected chi connectivity index (χ2v) is 9.72. The molecule has 0 aliphatic carbocycles. The van der Waals surface area contributed by atoms with Crippen LogP contribution in [0.25, 0.3) is 65.7 Å². The summed E-state index contributed by atoms with van der Waals surface area (Å²) in [5.74, 6) is 0. The lowest BCUT2D eigenvalue weighted by molar-refractivity contribution is 1.33. The third-order valence-electron chi connectivity index (χ3n) is 7.38. The Hall–Kier alpha value is -4.75. The number of aromatic nitrogens is 1. The maximum Gasteiger partial charge on any atom is 0.0273 e. The molecule has 6 aromatic carbocycles. The molecule has 0 amide bonds.